The van der Waals surface area contributed by atoms with Crippen molar-refractivity contribution in [2.24, 2.45) is 5.73 Å². The fourth-order valence-corrected chi connectivity index (χ4v) is 3.63. The summed E-state index contributed by atoms with van der Waals surface area (Å²) in [5, 5.41) is 21.9. The van der Waals surface area contributed by atoms with Gasteiger partial charge in [-0.05, 0) is 44.0 Å². The molecule has 1 aliphatic heterocycles. The van der Waals surface area contributed by atoms with Crippen molar-refractivity contribution in [1.29, 1.82) is 0 Å². The van der Waals surface area contributed by atoms with Gasteiger partial charge in [0.25, 0.3) is 0 Å². The summed E-state index contributed by atoms with van der Waals surface area (Å²) >= 11 is 5.21. The van der Waals surface area contributed by atoms with Crippen molar-refractivity contribution in [2.75, 3.05) is 6.54 Å². The Hall–Kier alpha value is -1.41. The van der Waals surface area contributed by atoms with E-state index in [1.54, 1.807) is 20.8 Å². The molecule has 1 heterocycles. The molecule has 1 fully saturated rings. The van der Waals surface area contributed by atoms with Crippen LogP contribution in [0.2, 0.25) is 0 Å². The number of thiocarbonyl (C=S) groups is 1. The van der Waals surface area contributed by atoms with Crippen molar-refractivity contribution in [3.8, 4) is 0 Å². The molecule has 126 valence electrons. The summed E-state index contributed by atoms with van der Waals surface area (Å²) in [4.78, 5) is 11.6. The zero-order valence-corrected chi connectivity index (χ0v) is 14.2. The van der Waals surface area contributed by atoms with E-state index in [-0.39, 0.29) is 29.0 Å². The predicted octanol–water partition coefficient (Wildman–Crippen LogP) is 1.79. The van der Waals surface area contributed by atoms with Gasteiger partial charge in [-0.15, -0.1) is 0 Å². The number of nitrogens with two attached hydrogens (primary N) is 1. The number of rotatable bonds is 2. The molecule has 1 aliphatic rings. The van der Waals surface area contributed by atoms with E-state index >= 15 is 0 Å². The molecule has 0 aliphatic carbocycles. The van der Waals surface area contributed by atoms with Crippen molar-refractivity contribution >= 4 is 23.0 Å². The molecule has 0 aromatic heterocycles. The zero-order chi connectivity index (χ0) is 17.6. The highest BCUT2D eigenvalue weighted by Gasteiger charge is 2.48. The molecule has 1 saturated heterocycles. The predicted molar refractivity (Wildman–Crippen MR) is 88.1 cm³/mol. The molecule has 5 nitrogen and oxygen atoms in total. The van der Waals surface area contributed by atoms with Crippen LogP contribution in [-0.4, -0.2) is 44.3 Å². The number of carbonyl (C=O) groups is 1. The number of hydroxylamine groups is 2. The summed E-state index contributed by atoms with van der Waals surface area (Å²) in [5.74, 6) is -1.23. The van der Waals surface area contributed by atoms with Crippen LogP contribution in [0.25, 0.3) is 0 Å². The minimum atomic E-state index is -1.15. The topological polar surface area (TPSA) is 86.8 Å². The second-order valence-electron chi connectivity index (χ2n) is 6.89. The van der Waals surface area contributed by atoms with Gasteiger partial charge in [0.15, 0.2) is 0 Å². The number of hydrogen-bond acceptors (Lipinski definition) is 5. The fraction of sp³-hybridized carbons (Fsp3) is 0.500. The number of carbonyl (C=O) groups excluding carboxylic acids is 1. The van der Waals surface area contributed by atoms with Crippen LogP contribution < -0.4 is 5.73 Å². The summed E-state index contributed by atoms with van der Waals surface area (Å²) in [7, 11) is 0. The first-order valence-corrected chi connectivity index (χ1v) is 7.67. The summed E-state index contributed by atoms with van der Waals surface area (Å²) < 4.78 is 14.5. The van der Waals surface area contributed by atoms with E-state index in [9.17, 15) is 19.5 Å². The molecule has 1 aromatic rings. The van der Waals surface area contributed by atoms with E-state index in [2.05, 4.69) is 0 Å². The van der Waals surface area contributed by atoms with Crippen molar-refractivity contribution in [3.05, 3.63) is 35.1 Å². The summed E-state index contributed by atoms with van der Waals surface area (Å²) in [6.07, 6.45) is -0.914. The second-order valence-corrected chi connectivity index (χ2v) is 7.42. The molecular formula is C16H21FN2O3S. The summed E-state index contributed by atoms with van der Waals surface area (Å²) in [6.45, 7) is 5.24. The average molecular weight is 340 g/mol. The Balaban J connectivity index is 2.64. The first-order chi connectivity index (χ1) is 10.5. The van der Waals surface area contributed by atoms with E-state index in [1.807, 2.05) is 0 Å². The Morgan fingerprint density at radius 3 is 2.61 bits per heavy atom. The minimum absolute atomic E-state index is 0.0101. The van der Waals surface area contributed by atoms with Crippen LogP contribution >= 0.6 is 12.2 Å². The van der Waals surface area contributed by atoms with E-state index in [0.29, 0.717) is 0 Å². The highest BCUT2D eigenvalue weighted by atomic mass is 32.1. The lowest BCUT2D eigenvalue weighted by Crippen LogP contribution is -2.46. The Bertz CT molecular complexity index is 665. The van der Waals surface area contributed by atoms with Gasteiger partial charge >= 0.3 is 0 Å². The first-order valence-electron chi connectivity index (χ1n) is 7.26. The molecule has 2 rings (SSSR count). The Labute approximate surface area is 139 Å². The molecule has 23 heavy (non-hydrogen) atoms. The number of halogens is 1. The smallest absolute Gasteiger partial charge is 0.248 e. The maximum absolute atomic E-state index is 14.5. The van der Waals surface area contributed by atoms with Gasteiger partial charge in [-0.25, -0.2) is 4.39 Å². The molecule has 0 saturated carbocycles. The molecule has 7 heteroatoms. The number of aliphatic hydroxyl groups is 1. The summed E-state index contributed by atoms with van der Waals surface area (Å²) in [6, 6.07) is 3.81. The van der Waals surface area contributed by atoms with Crippen molar-refractivity contribution < 1.29 is 19.5 Å². The standard InChI is InChI=1S/C16H21FN2O3S/c1-15(2)8-16(3,13(20)12(23)7-19(15)22)10-6-9(14(18)21)4-5-11(10)17/h4-6,13,20,22H,7-8H2,1-3H3,(H2,18,21). The quantitative estimate of drug-likeness (QED) is 0.715. The van der Waals surface area contributed by atoms with E-state index < -0.39 is 28.8 Å². The molecule has 0 bridgehead atoms. The number of aliphatic hydroxyl groups excluding tert-OH is 1. The molecule has 4 N–H and O–H groups in total. The highest BCUT2D eigenvalue weighted by molar-refractivity contribution is 7.80. The number of nitrogens with zero attached hydrogens (tertiary/aromatic N) is 1. The van der Waals surface area contributed by atoms with Gasteiger partial charge in [-0.3, -0.25) is 4.79 Å². The van der Waals surface area contributed by atoms with Gasteiger partial charge in [0.05, 0.1) is 12.6 Å². The number of hydrogen-bond donors (Lipinski definition) is 3. The number of primary amides is 1. The molecule has 2 unspecified atom stereocenters. The maximum atomic E-state index is 14.5. The van der Waals surface area contributed by atoms with Gasteiger partial charge < -0.3 is 16.0 Å². The van der Waals surface area contributed by atoms with Crippen LogP contribution in [-0.2, 0) is 5.41 Å². The summed E-state index contributed by atoms with van der Waals surface area (Å²) in [5.41, 5.74) is 3.74. The van der Waals surface area contributed by atoms with Crippen molar-refractivity contribution in [2.45, 2.75) is 44.2 Å². The van der Waals surface area contributed by atoms with Gasteiger partial charge in [0.2, 0.25) is 5.91 Å². The number of amides is 1. The molecule has 2 atom stereocenters. The molecule has 1 aromatic carbocycles. The first kappa shape index (κ1) is 17.9. The zero-order valence-electron chi connectivity index (χ0n) is 13.3. The highest BCUT2D eigenvalue weighted by Crippen LogP contribution is 2.42. The SMILES string of the molecule is CC1(c2cc(C(N)=O)ccc2F)CC(C)(C)N(O)CC(=S)C1O. The maximum Gasteiger partial charge on any atom is 0.248 e. The molecule has 1 amide bonds. The Kier molecular flexibility index (Phi) is 4.60. The third-order valence-electron chi connectivity index (χ3n) is 4.58. The van der Waals surface area contributed by atoms with Crippen molar-refractivity contribution in [3.63, 3.8) is 0 Å². The largest absolute Gasteiger partial charge is 0.387 e. The Morgan fingerprint density at radius 2 is 2.04 bits per heavy atom. The second kappa shape index (κ2) is 5.90. The Morgan fingerprint density at radius 1 is 1.43 bits per heavy atom. The minimum Gasteiger partial charge on any atom is -0.387 e. The van der Waals surface area contributed by atoms with Crippen LogP contribution in [0.4, 0.5) is 4.39 Å². The molecular weight excluding hydrogens is 319 g/mol. The van der Waals surface area contributed by atoms with Crippen molar-refractivity contribution in [1.82, 2.24) is 5.06 Å². The lowest BCUT2D eigenvalue weighted by atomic mass is 9.69. The van der Waals surface area contributed by atoms with Crippen LogP contribution in [0.3, 0.4) is 0 Å². The average Bonchev–Trinajstić information content (AvgIpc) is 2.50. The van der Waals surface area contributed by atoms with Gasteiger partial charge in [0.1, 0.15) is 5.82 Å². The van der Waals surface area contributed by atoms with E-state index in [4.69, 9.17) is 18.0 Å². The van der Waals surface area contributed by atoms with E-state index in [0.717, 1.165) is 11.1 Å². The van der Waals surface area contributed by atoms with Gasteiger partial charge in [-0.2, -0.15) is 5.06 Å². The van der Waals surface area contributed by atoms with Crippen LogP contribution in [0, 0.1) is 5.82 Å². The van der Waals surface area contributed by atoms with Crippen LogP contribution in [0.5, 0.6) is 0 Å². The molecule has 0 radical (unpaired) electrons. The van der Waals surface area contributed by atoms with Crippen LogP contribution in [0.1, 0.15) is 43.1 Å². The molecule has 0 spiro atoms. The normalized spacial score (nSPS) is 28.4. The lowest BCUT2D eigenvalue weighted by Gasteiger charge is -2.39. The third kappa shape index (κ3) is 3.14. The number of benzene rings is 1. The van der Waals surface area contributed by atoms with E-state index in [1.165, 1.54) is 12.1 Å². The van der Waals surface area contributed by atoms with Crippen LogP contribution in [0.15, 0.2) is 18.2 Å². The monoisotopic (exact) mass is 340 g/mol. The lowest BCUT2D eigenvalue weighted by molar-refractivity contribution is -0.154. The third-order valence-corrected chi connectivity index (χ3v) is 4.93. The van der Waals surface area contributed by atoms with Gasteiger partial charge in [-0.1, -0.05) is 19.1 Å². The fourth-order valence-electron chi connectivity index (χ4n) is 3.25. The van der Waals surface area contributed by atoms with Gasteiger partial charge in [0, 0.05) is 21.4 Å².